The number of hydrogen-bond donors (Lipinski definition) is 2. The Hall–Kier alpha value is -3.11. The number of nitrogens with zero attached hydrogens (tertiary/aromatic N) is 2. The van der Waals surface area contributed by atoms with Crippen molar-refractivity contribution in [1.82, 2.24) is 20.2 Å². The van der Waals surface area contributed by atoms with Crippen molar-refractivity contribution < 1.29 is 23.6 Å². The number of methoxy groups -OCH3 is 1. The van der Waals surface area contributed by atoms with Crippen molar-refractivity contribution in [2.45, 2.75) is 77.7 Å². The molecule has 1 saturated heterocycles. The number of rotatable bonds is 7. The van der Waals surface area contributed by atoms with E-state index in [1.807, 2.05) is 70.7 Å². The lowest BCUT2D eigenvalue weighted by atomic mass is 9.79. The molecule has 2 N–H and O–H groups in total. The van der Waals surface area contributed by atoms with Crippen LogP contribution in [0.2, 0.25) is 0 Å². The van der Waals surface area contributed by atoms with E-state index in [4.69, 9.17) is 14.0 Å². The normalized spacial score (nSPS) is 22.7. The van der Waals surface area contributed by atoms with Crippen LogP contribution in [0.4, 0.5) is 4.79 Å². The number of carbonyl (C=O) groups excluding carboxylic acids is 2. The highest BCUT2D eigenvalue weighted by molar-refractivity contribution is 6.62. The van der Waals surface area contributed by atoms with Gasteiger partial charge >= 0.3 is 13.2 Å². The molecule has 2 amide bonds. The summed E-state index contributed by atoms with van der Waals surface area (Å²) in [4.78, 5) is 35.6. The van der Waals surface area contributed by atoms with Gasteiger partial charge in [-0.1, -0.05) is 44.2 Å². The molecule has 10 heteroatoms. The Balaban J connectivity index is 1.36. The summed E-state index contributed by atoms with van der Waals surface area (Å²) >= 11 is 0. The summed E-state index contributed by atoms with van der Waals surface area (Å²) in [6.45, 7) is 12.5. The second-order valence-corrected chi connectivity index (χ2v) is 12.2. The largest absolute Gasteiger partial charge is 0.494 e. The topological polar surface area (TPSA) is 106 Å². The van der Waals surface area contributed by atoms with Crippen LogP contribution in [0.3, 0.4) is 0 Å². The first-order valence-electron chi connectivity index (χ1n) is 13.8. The molecule has 0 bridgehead atoms. The molecular formula is C29H39BN4O5. The highest BCUT2D eigenvalue weighted by Gasteiger charge is 2.51. The maximum absolute atomic E-state index is 13.7. The maximum Gasteiger partial charge on any atom is 0.494 e. The van der Waals surface area contributed by atoms with Crippen LogP contribution in [0.5, 0.6) is 0 Å². The average molecular weight is 534 g/mol. The zero-order valence-corrected chi connectivity index (χ0v) is 23.9. The minimum atomic E-state index is -0.691. The Bertz CT molecular complexity index is 1250. The number of hydrogen-bond acceptors (Lipinski definition) is 6. The van der Waals surface area contributed by atoms with Crippen LogP contribution in [-0.4, -0.2) is 64.9 Å². The standard InChI is InChI=1S/C29H39BN4O5/c1-17(2)24(33-27(36)37-7)26(35)34-16-20(18-8-9-18)14-23(34)25-31-15-22(32-25)19-10-12-21(13-11-19)30-38-28(3,4)29(5,6)39-30/h10-15,17-18,23-24H,8-9,16H2,1-7H3,(H,31,32)(H,33,36)/t23?,24-/m0/s1. The zero-order chi connectivity index (χ0) is 28.1. The Morgan fingerprint density at radius 1 is 1.13 bits per heavy atom. The molecule has 3 heterocycles. The fourth-order valence-electron chi connectivity index (χ4n) is 5.11. The monoisotopic (exact) mass is 534 g/mol. The van der Waals surface area contributed by atoms with Gasteiger partial charge in [0.1, 0.15) is 17.9 Å². The Morgan fingerprint density at radius 2 is 1.77 bits per heavy atom. The molecule has 5 rings (SSSR count). The molecule has 1 aromatic heterocycles. The summed E-state index contributed by atoms with van der Waals surface area (Å²) in [6.07, 6.45) is 5.64. The molecular weight excluding hydrogens is 495 g/mol. The third kappa shape index (κ3) is 5.36. The van der Waals surface area contributed by atoms with Crippen LogP contribution in [-0.2, 0) is 18.8 Å². The van der Waals surface area contributed by atoms with Crippen LogP contribution in [0.1, 0.15) is 66.3 Å². The molecule has 0 spiro atoms. The predicted octanol–water partition coefficient (Wildman–Crippen LogP) is 3.98. The van der Waals surface area contributed by atoms with Gasteiger partial charge in [0, 0.05) is 6.54 Å². The Morgan fingerprint density at radius 3 is 2.33 bits per heavy atom. The van der Waals surface area contributed by atoms with Gasteiger partial charge in [0.05, 0.1) is 30.2 Å². The molecule has 208 valence electrons. The molecule has 1 saturated carbocycles. The van der Waals surface area contributed by atoms with Crippen molar-refractivity contribution >= 4 is 24.6 Å². The van der Waals surface area contributed by atoms with E-state index in [-0.39, 0.29) is 17.9 Å². The summed E-state index contributed by atoms with van der Waals surface area (Å²) in [5.41, 5.74) is 3.26. The number of imidazole rings is 1. The van der Waals surface area contributed by atoms with Gasteiger partial charge < -0.3 is 29.2 Å². The SMILES string of the molecule is COC(=O)N[C@H](C(=O)N1CC(C2CC2)=CC1c1ncc(-c2ccc(B3OC(C)(C)C(C)(C)O3)cc2)[nH]1)C(C)C. The highest BCUT2D eigenvalue weighted by Crippen LogP contribution is 2.43. The lowest BCUT2D eigenvalue weighted by Gasteiger charge is -2.32. The summed E-state index contributed by atoms with van der Waals surface area (Å²) in [5.74, 6) is 0.979. The molecule has 2 aromatic rings. The first-order chi connectivity index (χ1) is 18.4. The summed E-state index contributed by atoms with van der Waals surface area (Å²) < 4.78 is 17.1. The van der Waals surface area contributed by atoms with Gasteiger partial charge in [-0.3, -0.25) is 4.79 Å². The van der Waals surface area contributed by atoms with E-state index in [2.05, 4.69) is 21.4 Å². The van der Waals surface area contributed by atoms with Crippen molar-refractivity contribution in [2.24, 2.45) is 11.8 Å². The third-order valence-corrected chi connectivity index (χ3v) is 8.46. The van der Waals surface area contributed by atoms with Gasteiger partial charge in [-0.05, 0) is 69.0 Å². The quantitative estimate of drug-likeness (QED) is 0.412. The van der Waals surface area contributed by atoms with E-state index in [1.165, 1.54) is 12.7 Å². The average Bonchev–Trinajstić information content (AvgIpc) is 3.36. The third-order valence-electron chi connectivity index (χ3n) is 8.46. The summed E-state index contributed by atoms with van der Waals surface area (Å²) in [7, 11) is 0.882. The van der Waals surface area contributed by atoms with Crippen LogP contribution in [0, 0.1) is 11.8 Å². The Labute approximate surface area is 230 Å². The molecule has 2 fully saturated rings. The number of H-pyrrole nitrogens is 1. The summed E-state index contributed by atoms with van der Waals surface area (Å²) in [6, 6.07) is 7.06. The van der Waals surface area contributed by atoms with Crippen LogP contribution < -0.4 is 10.8 Å². The number of carbonyl (C=O) groups is 2. The molecule has 9 nitrogen and oxygen atoms in total. The van der Waals surface area contributed by atoms with E-state index < -0.39 is 30.5 Å². The van der Waals surface area contributed by atoms with Crippen molar-refractivity contribution in [2.75, 3.05) is 13.7 Å². The molecule has 1 aromatic carbocycles. The molecule has 0 radical (unpaired) electrons. The van der Waals surface area contributed by atoms with Gasteiger partial charge in [-0.2, -0.15) is 0 Å². The molecule has 39 heavy (non-hydrogen) atoms. The van der Waals surface area contributed by atoms with Gasteiger partial charge in [-0.15, -0.1) is 0 Å². The second kappa shape index (κ2) is 10.1. The number of benzene rings is 1. The predicted molar refractivity (Wildman–Crippen MR) is 149 cm³/mol. The van der Waals surface area contributed by atoms with Crippen LogP contribution in [0.15, 0.2) is 42.1 Å². The summed E-state index contributed by atoms with van der Waals surface area (Å²) in [5, 5.41) is 2.72. The molecule has 2 aliphatic heterocycles. The van der Waals surface area contributed by atoms with E-state index in [0.29, 0.717) is 18.3 Å². The smallest absolute Gasteiger partial charge is 0.453 e. The lowest BCUT2D eigenvalue weighted by molar-refractivity contribution is -0.135. The van der Waals surface area contributed by atoms with Crippen molar-refractivity contribution in [3.05, 3.63) is 47.9 Å². The highest BCUT2D eigenvalue weighted by atomic mass is 16.7. The zero-order valence-electron chi connectivity index (χ0n) is 23.9. The number of nitrogens with one attached hydrogen (secondary N) is 2. The first kappa shape index (κ1) is 27.5. The second-order valence-electron chi connectivity index (χ2n) is 12.2. The first-order valence-corrected chi connectivity index (χ1v) is 13.8. The number of ether oxygens (including phenoxy) is 1. The van der Waals surface area contributed by atoms with Gasteiger partial charge in [0.25, 0.3) is 0 Å². The van der Waals surface area contributed by atoms with Gasteiger partial charge in [0.15, 0.2) is 0 Å². The van der Waals surface area contributed by atoms with Crippen LogP contribution >= 0.6 is 0 Å². The maximum atomic E-state index is 13.7. The number of alkyl carbamates (subject to hydrolysis) is 1. The number of amides is 2. The van der Waals surface area contributed by atoms with Gasteiger partial charge in [0.2, 0.25) is 5.91 Å². The molecule has 2 atom stereocenters. The fourth-order valence-corrected chi connectivity index (χ4v) is 5.11. The minimum absolute atomic E-state index is 0.100. The fraction of sp³-hybridized carbons (Fsp3) is 0.552. The van der Waals surface area contributed by atoms with Crippen molar-refractivity contribution in [3.63, 3.8) is 0 Å². The van der Waals surface area contributed by atoms with Gasteiger partial charge in [-0.25, -0.2) is 9.78 Å². The van der Waals surface area contributed by atoms with E-state index >= 15 is 0 Å². The molecule has 1 unspecified atom stereocenters. The Kier molecular flexibility index (Phi) is 7.14. The number of aromatic nitrogens is 2. The molecule has 3 aliphatic rings. The number of aromatic amines is 1. The minimum Gasteiger partial charge on any atom is -0.453 e. The van der Waals surface area contributed by atoms with Crippen molar-refractivity contribution in [1.29, 1.82) is 0 Å². The van der Waals surface area contributed by atoms with Crippen molar-refractivity contribution in [3.8, 4) is 11.3 Å². The van der Waals surface area contributed by atoms with E-state index in [9.17, 15) is 9.59 Å². The van der Waals surface area contributed by atoms with E-state index in [1.54, 1.807) is 6.20 Å². The van der Waals surface area contributed by atoms with Crippen LogP contribution in [0.25, 0.3) is 11.3 Å². The molecule has 1 aliphatic carbocycles. The van der Waals surface area contributed by atoms with E-state index in [0.717, 1.165) is 29.6 Å². The lowest BCUT2D eigenvalue weighted by Crippen LogP contribution is -2.51.